The predicted octanol–water partition coefficient (Wildman–Crippen LogP) is 3.38. The van der Waals surface area contributed by atoms with Crippen molar-refractivity contribution in [3.8, 4) is 11.5 Å². The number of carbonyl (C=O) groups is 1. The Labute approximate surface area is 171 Å². The summed E-state index contributed by atoms with van der Waals surface area (Å²) >= 11 is 0. The van der Waals surface area contributed by atoms with E-state index in [-0.39, 0.29) is 5.56 Å². The lowest BCUT2D eigenvalue weighted by atomic mass is 9.87. The standard InChI is InChI=1S/C21H20N4O5/c1-11-2-4-16-14(6-11)15-7-12(3-5-17(15)23-16)21(28)24-22-10-13-8-18(25(29)30)20(27)9-19(13)26/h3,5,7-11,23,26-27H,2,4,6H2,1H3,(H,24,28)/b22-10-. The summed E-state index contributed by atoms with van der Waals surface area (Å²) in [6, 6.07) is 7.22. The Bertz CT molecular complexity index is 1200. The van der Waals surface area contributed by atoms with Crippen LogP contribution < -0.4 is 5.43 Å². The molecule has 0 saturated heterocycles. The van der Waals surface area contributed by atoms with E-state index in [2.05, 4.69) is 22.4 Å². The number of aromatic amines is 1. The number of hydrogen-bond donors (Lipinski definition) is 4. The molecule has 1 aromatic heterocycles. The molecule has 1 aliphatic carbocycles. The molecule has 9 nitrogen and oxygen atoms in total. The van der Waals surface area contributed by atoms with Crippen LogP contribution in [0, 0.1) is 16.0 Å². The lowest BCUT2D eigenvalue weighted by Gasteiger charge is -2.18. The van der Waals surface area contributed by atoms with E-state index in [4.69, 9.17) is 0 Å². The Kier molecular flexibility index (Phi) is 4.86. The molecule has 154 valence electrons. The van der Waals surface area contributed by atoms with Gasteiger partial charge in [-0.25, -0.2) is 5.43 Å². The third kappa shape index (κ3) is 3.57. The molecule has 0 bridgehead atoms. The largest absolute Gasteiger partial charge is 0.507 e. The third-order valence-electron chi connectivity index (χ3n) is 5.39. The molecule has 2 aromatic carbocycles. The highest BCUT2D eigenvalue weighted by Gasteiger charge is 2.21. The molecule has 0 spiro atoms. The molecule has 1 aliphatic rings. The summed E-state index contributed by atoms with van der Waals surface area (Å²) in [4.78, 5) is 26.1. The summed E-state index contributed by atoms with van der Waals surface area (Å²) in [5.41, 5.74) is 5.68. The second kappa shape index (κ2) is 7.51. The number of nitrogens with one attached hydrogen (secondary N) is 2. The number of phenols is 2. The summed E-state index contributed by atoms with van der Waals surface area (Å²) in [7, 11) is 0. The van der Waals surface area contributed by atoms with Crippen molar-refractivity contribution in [2.75, 3.05) is 0 Å². The minimum atomic E-state index is -0.779. The maximum Gasteiger partial charge on any atom is 0.311 e. The van der Waals surface area contributed by atoms with Crippen LogP contribution in [0.25, 0.3) is 10.9 Å². The first-order valence-electron chi connectivity index (χ1n) is 9.50. The number of carbonyl (C=O) groups excluding carboxylic acids is 1. The molecule has 1 amide bonds. The number of phenolic OH excluding ortho intramolecular Hbond substituents is 2. The highest BCUT2D eigenvalue weighted by atomic mass is 16.6. The maximum atomic E-state index is 12.5. The number of hydrazone groups is 1. The topological polar surface area (TPSA) is 141 Å². The van der Waals surface area contributed by atoms with Crippen LogP contribution in [0.3, 0.4) is 0 Å². The van der Waals surface area contributed by atoms with Crippen molar-refractivity contribution in [1.29, 1.82) is 0 Å². The number of nitro groups is 1. The number of rotatable bonds is 4. The second-order valence-corrected chi connectivity index (χ2v) is 7.55. The Hall–Kier alpha value is -3.88. The average molecular weight is 408 g/mol. The summed E-state index contributed by atoms with van der Waals surface area (Å²) in [5, 5.41) is 35.0. The molecule has 4 rings (SSSR count). The minimum Gasteiger partial charge on any atom is -0.507 e. The van der Waals surface area contributed by atoms with Crippen molar-refractivity contribution in [1.82, 2.24) is 10.4 Å². The summed E-state index contributed by atoms with van der Waals surface area (Å²) in [6.07, 6.45) is 4.19. The van der Waals surface area contributed by atoms with Crippen molar-refractivity contribution >= 4 is 28.7 Å². The number of benzene rings is 2. The van der Waals surface area contributed by atoms with Crippen LogP contribution in [0.5, 0.6) is 11.5 Å². The van der Waals surface area contributed by atoms with Gasteiger partial charge in [-0.2, -0.15) is 5.10 Å². The molecule has 0 radical (unpaired) electrons. The first-order valence-corrected chi connectivity index (χ1v) is 9.50. The number of aromatic nitrogens is 1. The molecule has 1 atom stereocenters. The Morgan fingerprint density at radius 2 is 2.10 bits per heavy atom. The minimum absolute atomic E-state index is 0.0102. The van der Waals surface area contributed by atoms with Gasteiger partial charge in [0.25, 0.3) is 5.91 Å². The van der Waals surface area contributed by atoms with Crippen LogP contribution in [-0.4, -0.2) is 32.2 Å². The van der Waals surface area contributed by atoms with Gasteiger partial charge in [0.05, 0.1) is 11.1 Å². The van der Waals surface area contributed by atoms with E-state index in [1.165, 1.54) is 11.3 Å². The summed E-state index contributed by atoms with van der Waals surface area (Å²) in [5.74, 6) is -0.901. The van der Waals surface area contributed by atoms with Gasteiger partial charge in [-0.1, -0.05) is 6.92 Å². The smallest absolute Gasteiger partial charge is 0.311 e. The van der Waals surface area contributed by atoms with Crippen LogP contribution in [0.15, 0.2) is 35.4 Å². The van der Waals surface area contributed by atoms with Crippen LogP contribution in [0.1, 0.15) is 40.5 Å². The average Bonchev–Trinajstić information content (AvgIpc) is 3.06. The molecular formula is C21H20N4O5. The van der Waals surface area contributed by atoms with Crippen molar-refractivity contribution in [2.45, 2.75) is 26.2 Å². The van der Waals surface area contributed by atoms with Crippen LogP contribution in [0.4, 0.5) is 5.69 Å². The Morgan fingerprint density at radius 3 is 2.87 bits per heavy atom. The second-order valence-electron chi connectivity index (χ2n) is 7.55. The quantitative estimate of drug-likeness (QED) is 0.297. The molecule has 3 aromatic rings. The zero-order valence-corrected chi connectivity index (χ0v) is 16.2. The number of amides is 1. The van der Waals surface area contributed by atoms with Crippen molar-refractivity contribution in [3.63, 3.8) is 0 Å². The van der Waals surface area contributed by atoms with Crippen molar-refractivity contribution < 1.29 is 19.9 Å². The molecule has 0 fully saturated rings. The Morgan fingerprint density at radius 1 is 1.30 bits per heavy atom. The maximum absolute atomic E-state index is 12.5. The first-order chi connectivity index (χ1) is 14.3. The van der Waals surface area contributed by atoms with Crippen molar-refractivity contribution in [3.05, 3.63) is 62.8 Å². The van der Waals surface area contributed by atoms with Gasteiger partial charge >= 0.3 is 5.69 Å². The fourth-order valence-corrected chi connectivity index (χ4v) is 3.79. The number of aryl methyl sites for hydroxylation is 1. The highest BCUT2D eigenvalue weighted by molar-refractivity contribution is 5.99. The Balaban J connectivity index is 1.55. The van der Waals surface area contributed by atoms with Gasteiger partial charge in [0.2, 0.25) is 0 Å². The van der Waals surface area contributed by atoms with E-state index < -0.39 is 28.0 Å². The zero-order valence-electron chi connectivity index (χ0n) is 16.2. The molecule has 1 heterocycles. The van der Waals surface area contributed by atoms with E-state index in [0.717, 1.165) is 48.5 Å². The zero-order chi connectivity index (χ0) is 21.4. The van der Waals surface area contributed by atoms with Crippen molar-refractivity contribution in [2.24, 2.45) is 11.0 Å². The molecular weight excluding hydrogens is 388 g/mol. The van der Waals surface area contributed by atoms with Gasteiger partial charge in [0.1, 0.15) is 5.75 Å². The molecule has 9 heteroatoms. The highest BCUT2D eigenvalue weighted by Crippen LogP contribution is 2.33. The van der Waals surface area contributed by atoms with Gasteiger partial charge in [-0.05, 0) is 48.9 Å². The molecule has 1 unspecified atom stereocenters. The third-order valence-corrected chi connectivity index (χ3v) is 5.39. The molecule has 0 aliphatic heterocycles. The SMILES string of the molecule is CC1CCc2[nH]c3ccc(C(=O)N/N=C\c4cc([N+](=O)[O-])c(O)cc4O)cc3c2C1. The lowest BCUT2D eigenvalue weighted by molar-refractivity contribution is -0.385. The molecule has 30 heavy (non-hydrogen) atoms. The van der Waals surface area contributed by atoms with E-state index in [1.54, 1.807) is 6.07 Å². The van der Waals surface area contributed by atoms with E-state index in [9.17, 15) is 25.1 Å². The predicted molar refractivity (Wildman–Crippen MR) is 111 cm³/mol. The van der Waals surface area contributed by atoms with E-state index in [1.807, 2.05) is 12.1 Å². The summed E-state index contributed by atoms with van der Waals surface area (Å²) in [6.45, 7) is 2.22. The number of nitro benzene ring substituents is 1. The van der Waals surface area contributed by atoms with Crippen LogP contribution >= 0.6 is 0 Å². The number of fused-ring (bicyclic) bond motifs is 3. The number of H-pyrrole nitrogens is 1. The summed E-state index contributed by atoms with van der Waals surface area (Å²) < 4.78 is 0. The number of nitrogens with zero attached hydrogens (tertiary/aromatic N) is 2. The fourth-order valence-electron chi connectivity index (χ4n) is 3.79. The monoisotopic (exact) mass is 408 g/mol. The van der Waals surface area contributed by atoms with Crippen LogP contribution in [0.2, 0.25) is 0 Å². The number of aromatic hydroxyl groups is 2. The molecule has 0 saturated carbocycles. The normalized spacial score (nSPS) is 16.0. The number of hydrogen-bond acceptors (Lipinski definition) is 6. The van der Waals surface area contributed by atoms with Crippen LogP contribution in [-0.2, 0) is 12.8 Å². The van der Waals surface area contributed by atoms with Gasteiger partial charge < -0.3 is 15.2 Å². The van der Waals surface area contributed by atoms with Gasteiger partial charge in [-0.15, -0.1) is 0 Å². The first kappa shape index (κ1) is 19.4. The molecule has 4 N–H and O–H groups in total. The lowest BCUT2D eigenvalue weighted by Crippen LogP contribution is -2.17. The van der Waals surface area contributed by atoms with E-state index >= 15 is 0 Å². The fraction of sp³-hybridized carbons (Fsp3) is 0.238. The van der Waals surface area contributed by atoms with Gasteiger partial charge in [0, 0.05) is 39.9 Å². The van der Waals surface area contributed by atoms with Gasteiger partial charge in [-0.3, -0.25) is 14.9 Å². The van der Waals surface area contributed by atoms with E-state index in [0.29, 0.717) is 11.5 Å². The van der Waals surface area contributed by atoms with Gasteiger partial charge in [0.15, 0.2) is 5.75 Å².